The number of rotatable bonds is 4. The fraction of sp³-hybridized carbons (Fsp3) is 0.300. The first kappa shape index (κ1) is 11.4. The van der Waals surface area contributed by atoms with E-state index in [4.69, 9.17) is 0 Å². The van der Waals surface area contributed by atoms with Crippen LogP contribution in [0.15, 0.2) is 17.3 Å². The van der Waals surface area contributed by atoms with Gasteiger partial charge in [-0.1, -0.05) is 5.21 Å². The minimum Gasteiger partial charge on any atom is -0.350 e. The van der Waals surface area contributed by atoms with Crippen molar-refractivity contribution in [3.8, 4) is 0 Å². The molecule has 0 spiro atoms. The standard InChI is InChI=1S/C10H12N8O/c1-2-18-4-6(16-17-18)3-11-10-14-8-7(9(19)15-10)12-5-13-8/h4-5H,2-3H2,1H3,(H3,11,12,13,14,15,19). The van der Waals surface area contributed by atoms with Crippen LogP contribution in [0.1, 0.15) is 12.6 Å². The van der Waals surface area contributed by atoms with Crippen LogP contribution in [0.4, 0.5) is 5.95 Å². The van der Waals surface area contributed by atoms with Crippen molar-refractivity contribution in [2.45, 2.75) is 20.0 Å². The van der Waals surface area contributed by atoms with E-state index in [1.165, 1.54) is 6.33 Å². The molecule has 0 aliphatic carbocycles. The summed E-state index contributed by atoms with van der Waals surface area (Å²) in [5.74, 6) is 0.357. The molecule has 0 bridgehead atoms. The largest absolute Gasteiger partial charge is 0.350 e. The Balaban J connectivity index is 1.79. The fourth-order valence-electron chi connectivity index (χ4n) is 1.67. The predicted octanol–water partition coefficient (Wildman–Crippen LogP) is -0.130. The fourth-order valence-corrected chi connectivity index (χ4v) is 1.67. The van der Waals surface area contributed by atoms with Gasteiger partial charge in [-0.05, 0) is 6.92 Å². The number of nitrogens with zero attached hydrogens (tertiary/aromatic N) is 5. The molecule has 3 aromatic rings. The lowest BCUT2D eigenvalue weighted by molar-refractivity contribution is 0.626. The van der Waals surface area contributed by atoms with Crippen LogP contribution >= 0.6 is 0 Å². The maximum absolute atomic E-state index is 11.7. The van der Waals surface area contributed by atoms with Gasteiger partial charge in [0.05, 0.1) is 19.1 Å². The number of nitrogens with one attached hydrogen (secondary N) is 3. The van der Waals surface area contributed by atoms with Gasteiger partial charge >= 0.3 is 0 Å². The summed E-state index contributed by atoms with van der Waals surface area (Å²) < 4.78 is 1.73. The van der Waals surface area contributed by atoms with Crippen LogP contribution in [0.2, 0.25) is 0 Å². The highest BCUT2D eigenvalue weighted by molar-refractivity contribution is 5.69. The van der Waals surface area contributed by atoms with Crippen molar-refractivity contribution < 1.29 is 0 Å². The highest BCUT2D eigenvalue weighted by Gasteiger charge is 2.06. The highest BCUT2D eigenvalue weighted by Crippen LogP contribution is 2.04. The van der Waals surface area contributed by atoms with Crippen molar-refractivity contribution in [2.75, 3.05) is 5.32 Å². The van der Waals surface area contributed by atoms with Crippen LogP contribution in [0.3, 0.4) is 0 Å². The third-order valence-electron chi connectivity index (χ3n) is 2.64. The monoisotopic (exact) mass is 260 g/mol. The van der Waals surface area contributed by atoms with Crippen LogP contribution in [0.25, 0.3) is 11.2 Å². The van der Waals surface area contributed by atoms with Crippen molar-refractivity contribution in [1.29, 1.82) is 0 Å². The Hall–Kier alpha value is -2.71. The van der Waals surface area contributed by atoms with Crippen molar-refractivity contribution in [2.24, 2.45) is 0 Å². The number of fused-ring (bicyclic) bond motifs is 1. The van der Waals surface area contributed by atoms with Gasteiger partial charge in [0.2, 0.25) is 5.95 Å². The van der Waals surface area contributed by atoms with Gasteiger partial charge in [0, 0.05) is 6.54 Å². The number of anilines is 1. The third kappa shape index (κ3) is 2.17. The van der Waals surface area contributed by atoms with E-state index in [0.717, 1.165) is 12.2 Å². The van der Waals surface area contributed by atoms with Crippen molar-refractivity contribution >= 4 is 17.1 Å². The number of H-pyrrole nitrogens is 2. The average molecular weight is 260 g/mol. The van der Waals surface area contributed by atoms with E-state index in [1.54, 1.807) is 4.68 Å². The summed E-state index contributed by atoms with van der Waals surface area (Å²) in [5.41, 5.74) is 1.25. The number of aromatic amines is 2. The van der Waals surface area contributed by atoms with E-state index in [1.807, 2.05) is 13.1 Å². The molecule has 9 nitrogen and oxygen atoms in total. The second kappa shape index (κ2) is 4.52. The Bertz CT molecular complexity index is 754. The topological polar surface area (TPSA) is 117 Å². The van der Waals surface area contributed by atoms with Gasteiger partial charge in [-0.25, -0.2) is 4.98 Å². The zero-order valence-electron chi connectivity index (χ0n) is 10.2. The molecule has 0 aliphatic heterocycles. The smallest absolute Gasteiger partial charge is 0.278 e. The number of imidazole rings is 1. The molecule has 0 saturated heterocycles. The first-order valence-corrected chi connectivity index (χ1v) is 5.82. The molecule has 3 heterocycles. The molecule has 3 aromatic heterocycles. The Morgan fingerprint density at radius 3 is 3.16 bits per heavy atom. The van der Waals surface area contributed by atoms with E-state index in [2.05, 4.69) is 35.6 Å². The van der Waals surface area contributed by atoms with Crippen molar-refractivity contribution in [3.05, 3.63) is 28.6 Å². The van der Waals surface area contributed by atoms with Crippen LogP contribution in [-0.4, -0.2) is 34.9 Å². The van der Waals surface area contributed by atoms with E-state index in [-0.39, 0.29) is 5.56 Å². The lowest BCUT2D eigenvalue weighted by atomic mass is 10.4. The first-order chi connectivity index (χ1) is 9.26. The molecule has 9 heteroatoms. The van der Waals surface area contributed by atoms with Gasteiger partial charge in [-0.15, -0.1) is 5.10 Å². The predicted molar refractivity (Wildman–Crippen MR) is 67.5 cm³/mol. The molecule has 3 N–H and O–H groups in total. The summed E-state index contributed by atoms with van der Waals surface area (Å²) in [6.45, 7) is 3.18. The molecule has 0 saturated carbocycles. The molecular weight excluding hydrogens is 248 g/mol. The zero-order chi connectivity index (χ0) is 13.2. The van der Waals surface area contributed by atoms with E-state index in [9.17, 15) is 4.79 Å². The molecule has 3 rings (SSSR count). The summed E-state index contributed by atoms with van der Waals surface area (Å²) >= 11 is 0. The van der Waals surface area contributed by atoms with E-state index in [0.29, 0.717) is 23.7 Å². The first-order valence-electron chi connectivity index (χ1n) is 5.82. The van der Waals surface area contributed by atoms with Crippen LogP contribution in [0.5, 0.6) is 0 Å². The quantitative estimate of drug-likeness (QED) is 0.601. The molecule has 0 aromatic carbocycles. The molecule has 98 valence electrons. The van der Waals surface area contributed by atoms with Gasteiger partial charge in [0.1, 0.15) is 5.69 Å². The van der Waals surface area contributed by atoms with Crippen LogP contribution < -0.4 is 10.9 Å². The SMILES string of the molecule is CCn1cc(CNc2nc3nc[nH]c3c(=O)[nH]2)nn1. The number of hydrogen-bond acceptors (Lipinski definition) is 6. The van der Waals surface area contributed by atoms with Gasteiger partial charge in [0.15, 0.2) is 11.2 Å². The molecule has 19 heavy (non-hydrogen) atoms. The second-order valence-corrected chi connectivity index (χ2v) is 3.93. The zero-order valence-corrected chi connectivity index (χ0v) is 10.2. The highest BCUT2D eigenvalue weighted by atomic mass is 16.1. The summed E-state index contributed by atoms with van der Waals surface area (Å²) in [6, 6.07) is 0. The minimum atomic E-state index is -0.262. The van der Waals surface area contributed by atoms with Crippen LogP contribution in [-0.2, 0) is 13.1 Å². The van der Waals surface area contributed by atoms with E-state index >= 15 is 0 Å². The minimum absolute atomic E-state index is 0.262. The molecule has 0 atom stereocenters. The normalized spacial score (nSPS) is 11.0. The maximum Gasteiger partial charge on any atom is 0.278 e. The number of hydrogen-bond donors (Lipinski definition) is 3. The number of aryl methyl sites for hydroxylation is 1. The molecule has 0 radical (unpaired) electrons. The van der Waals surface area contributed by atoms with Crippen molar-refractivity contribution in [1.82, 2.24) is 34.9 Å². The molecule has 0 unspecified atom stereocenters. The summed E-state index contributed by atoms with van der Waals surface area (Å²) in [6.07, 6.45) is 3.27. The van der Waals surface area contributed by atoms with Gasteiger partial charge < -0.3 is 10.3 Å². The van der Waals surface area contributed by atoms with Crippen molar-refractivity contribution in [3.63, 3.8) is 0 Å². The Morgan fingerprint density at radius 1 is 1.47 bits per heavy atom. The lowest BCUT2D eigenvalue weighted by Crippen LogP contribution is -2.13. The maximum atomic E-state index is 11.7. The van der Waals surface area contributed by atoms with Crippen LogP contribution in [0, 0.1) is 0 Å². The Kier molecular flexibility index (Phi) is 2.71. The molecular formula is C10H12N8O. The Labute approximate surface area is 107 Å². The van der Waals surface area contributed by atoms with Gasteiger partial charge in [-0.3, -0.25) is 14.5 Å². The summed E-state index contributed by atoms with van der Waals surface area (Å²) in [7, 11) is 0. The van der Waals surface area contributed by atoms with Gasteiger partial charge in [-0.2, -0.15) is 4.98 Å². The average Bonchev–Trinajstić information content (AvgIpc) is 3.05. The molecule has 0 aliphatic rings. The van der Waals surface area contributed by atoms with E-state index < -0.39 is 0 Å². The second-order valence-electron chi connectivity index (χ2n) is 3.93. The number of aromatic nitrogens is 7. The summed E-state index contributed by atoms with van der Waals surface area (Å²) in [4.78, 5) is 25.2. The third-order valence-corrected chi connectivity index (χ3v) is 2.64. The summed E-state index contributed by atoms with van der Waals surface area (Å²) in [5, 5.41) is 10.9. The molecule has 0 amide bonds. The lowest BCUT2D eigenvalue weighted by Gasteiger charge is -2.01. The Morgan fingerprint density at radius 2 is 2.37 bits per heavy atom. The molecule has 0 fully saturated rings. The van der Waals surface area contributed by atoms with Gasteiger partial charge in [0.25, 0.3) is 5.56 Å².